The van der Waals surface area contributed by atoms with E-state index in [2.05, 4.69) is 41.5 Å². The lowest BCUT2D eigenvalue weighted by Gasteiger charge is -2.18. The van der Waals surface area contributed by atoms with Crippen LogP contribution < -0.4 is 10.2 Å². The van der Waals surface area contributed by atoms with Crippen molar-refractivity contribution in [3.05, 3.63) is 82.7 Å². The second kappa shape index (κ2) is 8.73. The molecule has 30 heavy (non-hydrogen) atoms. The van der Waals surface area contributed by atoms with E-state index in [1.54, 1.807) is 42.5 Å². The number of aromatic amines is 1. The molecule has 0 fully saturated rings. The molecular formula is C23H24N4O3. The number of hydrazone groups is 1. The summed E-state index contributed by atoms with van der Waals surface area (Å²) >= 11 is 0. The smallest absolute Gasteiger partial charge is 0.343 e. The Kier molecular flexibility index (Phi) is 6.11. The summed E-state index contributed by atoms with van der Waals surface area (Å²) in [7, 11) is 0. The molecule has 0 spiro atoms. The van der Waals surface area contributed by atoms with Gasteiger partial charge in [0.25, 0.3) is 5.91 Å². The number of nitrogens with one attached hydrogen (secondary N) is 2. The molecule has 7 heteroatoms. The molecule has 0 atom stereocenters. The molecule has 1 heterocycles. The van der Waals surface area contributed by atoms with E-state index in [-0.39, 0.29) is 11.1 Å². The highest BCUT2D eigenvalue weighted by Gasteiger charge is 2.15. The largest absolute Gasteiger partial charge is 0.423 e. The lowest BCUT2D eigenvalue weighted by Crippen LogP contribution is -2.18. The summed E-state index contributed by atoms with van der Waals surface area (Å²) < 4.78 is 5.42. The monoisotopic (exact) mass is 404 g/mol. The Labute approximate surface area is 175 Å². The second-order valence-electron chi connectivity index (χ2n) is 7.92. The minimum absolute atomic E-state index is 0.0242. The number of benzene rings is 2. The normalized spacial score (nSPS) is 11.5. The van der Waals surface area contributed by atoms with Crippen LogP contribution in [0.5, 0.6) is 5.75 Å². The van der Waals surface area contributed by atoms with Crippen molar-refractivity contribution < 1.29 is 14.3 Å². The average Bonchev–Trinajstić information content (AvgIpc) is 3.15. The van der Waals surface area contributed by atoms with Gasteiger partial charge in [0.2, 0.25) is 0 Å². The van der Waals surface area contributed by atoms with Gasteiger partial charge in [-0.25, -0.2) is 10.2 Å². The zero-order chi connectivity index (χ0) is 21.7. The van der Waals surface area contributed by atoms with Gasteiger partial charge in [-0.3, -0.25) is 9.89 Å². The highest BCUT2D eigenvalue weighted by atomic mass is 16.5. The highest BCUT2D eigenvalue weighted by Crippen LogP contribution is 2.22. The van der Waals surface area contributed by atoms with Crippen LogP contribution in [-0.4, -0.2) is 28.3 Å². The Morgan fingerprint density at radius 2 is 1.73 bits per heavy atom. The van der Waals surface area contributed by atoms with Crippen molar-refractivity contribution >= 4 is 18.1 Å². The number of esters is 1. The van der Waals surface area contributed by atoms with Crippen LogP contribution in [0, 0.1) is 6.92 Å². The highest BCUT2D eigenvalue weighted by molar-refractivity contribution is 5.93. The minimum atomic E-state index is -0.418. The average molecular weight is 404 g/mol. The molecule has 7 nitrogen and oxygen atoms in total. The maximum atomic E-state index is 12.3. The van der Waals surface area contributed by atoms with Crippen molar-refractivity contribution in [1.82, 2.24) is 15.6 Å². The predicted molar refractivity (Wildman–Crippen MR) is 115 cm³/mol. The SMILES string of the molecule is Cc1cc(C(=O)N/N=C\c2ccc(OC(=O)c3ccc(C(C)(C)C)cc3)cc2)n[nH]1. The van der Waals surface area contributed by atoms with Gasteiger partial charge < -0.3 is 4.74 Å². The van der Waals surface area contributed by atoms with Crippen LogP contribution in [0.4, 0.5) is 0 Å². The maximum Gasteiger partial charge on any atom is 0.343 e. The lowest BCUT2D eigenvalue weighted by molar-refractivity contribution is 0.0734. The quantitative estimate of drug-likeness (QED) is 0.291. The van der Waals surface area contributed by atoms with Crippen LogP contribution in [0.25, 0.3) is 0 Å². The summed E-state index contributed by atoms with van der Waals surface area (Å²) in [6, 6.07) is 15.9. The Morgan fingerprint density at radius 3 is 2.30 bits per heavy atom. The molecule has 1 amide bonds. The molecular weight excluding hydrogens is 380 g/mol. The molecule has 0 saturated heterocycles. The third kappa shape index (κ3) is 5.41. The summed E-state index contributed by atoms with van der Waals surface area (Å²) in [4.78, 5) is 24.2. The number of hydrogen-bond donors (Lipinski definition) is 2. The first-order chi connectivity index (χ1) is 14.2. The molecule has 3 rings (SSSR count). The Hall–Kier alpha value is -3.74. The number of carbonyl (C=O) groups excluding carboxylic acids is 2. The molecule has 3 aromatic rings. The van der Waals surface area contributed by atoms with E-state index < -0.39 is 11.9 Å². The van der Waals surface area contributed by atoms with E-state index >= 15 is 0 Å². The van der Waals surface area contributed by atoms with E-state index in [1.807, 2.05) is 19.1 Å². The fourth-order valence-electron chi connectivity index (χ4n) is 2.65. The van der Waals surface area contributed by atoms with E-state index in [0.717, 1.165) is 16.8 Å². The fourth-order valence-corrected chi connectivity index (χ4v) is 2.65. The van der Waals surface area contributed by atoms with E-state index in [4.69, 9.17) is 4.74 Å². The number of nitrogens with zero attached hydrogens (tertiary/aromatic N) is 2. The van der Waals surface area contributed by atoms with Gasteiger partial charge in [0.05, 0.1) is 11.8 Å². The van der Waals surface area contributed by atoms with Crippen LogP contribution in [0.15, 0.2) is 59.7 Å². The molecule has 0 bridgehead atoms. The van der Waals surface area contributed by atoms with Crippen molar-refractivity contribution in [3.8, 4) is 5.75 Å². The van der Waals surface area contributed by atoms with E-state index in [9.17, 15) is 9.59 Å². The summed E-state index contributed by atoms with van der Waals surface area (Å²) in [5.41, 5.74) is 5.87. The van der Waals surface area contributed by atoms with Gasteiger partial charge in [0.15, 0.2) is 5.69 Å². The second-order valence-corrected chi connectivity index (χ2v) is 7.92. The number of ether oxygens (including phenoxy) is 1. The first-order valence-electron chi connectivity index (χ1n) is 9.50. The summed E-state index contributed by atoms with van der Waals surface area (Å²) in [6.07, 6.45) is 1.49. The summed E-state index contributed by atoms with van der Waals surface area (Å²) in [5, 5.41) is 10.5. The molecule has 2 aromatic carbocycles. The van der Waals surface area contributed by atoms with Gasteiger partial charge in [-0.15, -0.1) is 0 Å². The Balaban J connectivity index is 1.56. The third-order valence-electron chi connectivity index (χ3n) is 4.40. The van der Waals surface area contributed by atoms with Crippen molar-refractivity contribution in [2.75, 3.05) is 0 Å². The predicted octanol–water partition coefficient (Wildman–Crippen LogP) is 4.00. The number of hydrogen-bond acceptors (Lipinski definition) is 5. The molecule has 154 valence electrons. The molecule has 0 aliphatic rings. The lowest BCUT2D eigenvalue weighted by atomic mass is 9.87. The van der Waals surface area contributed by atoms with Crippen molar-refractivity contribution in [3.63, 3.8) is 0 Å². The van der Waals surface area contributed by atoms with E-state index in [1.165, 1.54) is 6.21 Å². The molecule has 0 aliphatic heterocycles. The van der Waals surface area contributed by atoms with Crippen LogP contribution in [0.2, 0.25) is 0 Å². The van der Waals surface area contributed by atoms with Gasteiger partial charge in [0.1, 0.15) is 5.75 Å². The standard InChI is InChI=1S/C23H24N4O3/c1-15-13-20(26-25-15)21(28)27-24-14-16-5-11-19(12-6-16)30-22(29)17-7-9-18(10-8-17)23(2,3)4/h5-14H,1-4H3,(H,25,26)(H,27,28)/b24-14-. The number of H-pyrrole nitrogens is 1. The molecule has 0 radical (unpaired) electrons. The first-order valence-corrected chi connectivity index (χ1v) is 9.50. The Bertz CT molecular complexity index is 1060. The number of carbonyl (C=O) groups is 2. The third-order valence-corrected chi connectivity index (χ3v) is 4.40. The van der Waals surface area contributed by atoms with Crippen molar-refractivity contribution in [2.45, 2.75) is 33.1 Å². The van der Waals surface area contributed by atoms with Gasteiger partial charge in [-0.1, -0.05) is 32.9 Å². The summed E-state index contributed by atoms with van der Waals surface area (Å²) in [5.74, 6) is -0.398. The first kappa shape index (κ1) is 21.0. The zero-order valence-corrected chi connectivity index (χ0v) is 17.4. The maximum absolute atomic E-state index is 12.3. The number of rotatable bonds is 5. The molecule has 0 unspecified atom stereocenters. The van der Waals surface area contributed by atoms with Gasteiger partial charge in [-0.05, 0) is 65.9 Å². The van der Waals surface area contributed by atoms with Gasteiger partial charge in [0, 0.05) is 5.69 Å². The van der Waals surface area contributed by atoms with Crippen LogP contribution in [0.3, 0.4) is 0 Å². The fraction of sp³-hybridized carbons (Fsp3) is 0.217. The molecule has 2 N–H and O–H groups in total. The van der Waals surface area contributed by atoms with Gasteiger partial charge in [-0.2, -0.15) is 10.2 Å². The molecule has 1 aromatic heterocycles. The van der Waals surface area contributed by atoms with E-state index in [0.29, 0.717) is 11.3 Å². The number of amides is 1. The van der Waals surface area contributed by atoms with Crippen LogP contribution in [-0.2, 0) is 5.41 Å². The molecule has 0 aliphatic carbocycles. The molecule has 0 saturated carbocycles. The Morgan fingerprint density at radius 1 is 1.07 bits per heavy atom. The van der Waals surface area contributed by atoms with Gasteiger partial charge >= 0.3 is 5.97 Å². The number of aryl methyl sites for hydroxylation is 1. The van der Waals surface area contributed by atoms with Crippen LogP contribution in [0.1, 0.15) is 58.4 Å². The number of aromatic nitrogens is 2. The zero-order valence-electron chi connectivity index (χ0n) is 17.4. The summed E-state index contributed by atoms with van der Waals surface area (Å²) in [6.45, 7) is 8.17. The van der Waals surface area contributed by atoms with Crippen molar-refractivity contribution in [1.29, 1.82) is 0 Å². The van der Waals surface area contributed by atoms with Crippen LogP contribution >= 0.6 is 0 Å². The topological polar surface area (TPSA) is 96.4 Å². The van der Waals surface area contributed by atoms with Crippen molar-refractivity contribution in [2.24, 2.45) is 5.10 Å². The minimum Gasteiger partial charge on any atom is -0.423 e.